The van der Waals surface area contributed by atoms with Crippen LogP contribution in [0, 0.1) is 0 Å². The quantitative estimate of drug-likeness (QED) is 0.380. The van der Waals surface area contributed by atoms with Crippen molar-refractivity contribution in [2.75, 3.05) is 0 Å². The van der Waals surface area contributed by atoms with Crippen LogP contribution in [0.3, 0.4) is 0 Å². The van der Waals surface area contributed by atoms with Crippen molar-refractivity contribution in [3.63, 3.8) is 0 Å². The normalized spacial score (nSPS) is 16.5. The van der Waals surface area contributed by atoms with Crippen LogP contribution in [0.25, 0.3) is 0 Å². The Morgan fingerprint density at radius 1 is 0.618 bits per heavy atom. The lowest BCUT2D eigenvalue weighted by Gasteiger charge is -2.34. The van der Waals surface area contributed by atoms with Gasteiger partial charge in [-0.1, -0.05) is 95.2 Å². The van der Waals surface area contributed by atoms with E-state index in [9.17, 15) is 9.46 Å². The lowest BCUT2D eigenvalue weighted by molar-refractivity contribution is 0.285. The highest BCUT2D eigenvalue weighted by molar-refractivity contribution is 7.48. The number of fused-ring (bicyclic) bond motifs is 2. The average molecular weight is 487 g/mol. The molecule has 34 heavy (non-hydrogen) atoms. The first-order valence-electron chi connectivity index (χ1n) is 12.2. The van der Waals surface area contributed by atoms with Crippen LogP contribution in [0.5, 0.6) is 11.5 Å². The molecule has 0 unspecified atom stereocenters. The molecule has 1 aliphatic heterocycles. The smallest absolute Gasteiger partial charge is 0.395 e. The van der Waals surface area contributed by atoms with Crippen LogP contribution in [0.15, 0.2) is 24.3 Å². The minimum Gasteiger partial charge on any atom is -0.395 e. The van der Waals surface area contributed by atoms with Crippen molar-refractivity contribution in [1.82, 2.24) is 0 Å². The number of rotatable bonds is 0. The SMILES string of the molecule is CC(C)(C)c1cc2c(c(C(C)(C)C)c1)Cc1c(cc(C(C)(C)C)cc1C(C)(C)C)OP(=O)(O)O2. The van der Waals surface area contributed by atoms with Gasteiger partial charge >= 0.3 is 7.82 Å². The molecule has 1 aliphatic rings. The van der Waals surface area contributed by atoms with E-state index >= 15 is 0 Å². The fourth-order valence-electron chi connectivity index (χ4n) is 4.47. The second-order valence-corrected chi connectivity index (χ2v) is 15.1. The summed E-state index contributed by atoms with van der Waals surface area (Å²) in [7, 11) is -4.41. The highest BCUT2D eigenvalue weighted by Crippen LogP contribution is 2.53. The van der Waals surface area contributed by atoms with Gasteiger partial charge in [0, 0.05) is 17.5 Å². The maximum atomic E-state index is 13.3. The van der Waals surface area contributed by atoms with Gasteiger partial charge in [0.1, 0.15) is 11.5 Å². The molecule has 0 fully saturated rings. The summed E-state index contributed by atoms with van der Waals surface area (Å²) in [6.07, 6.45) is 0.568. The Balaban J connectivity index is 2.44. The van der Waals surface area contributed by atoms with Crippen molar-refractivity contribution in [1.29, 1.82) is 0 Å². The fraction of sp³-hybridized carbons (Fsp3) is 0.586. The molecule has 0 spiro atoms. The number of hydrogen-bond donors (Lipinski definition) is 1. The van der Waals surface area contributed by atoms with Crippen LogP contribution in [-0.2, 0) is 32.6 Å². The van der Waals surface area contributed by atoms with Gasteiger partial charge in [0.15, 0.2) is 0 Å². The molecule has 0 amide bonds. The van der Waals surface area contributed by atoms with Crippen molar-refractivity contribution < 1.29 is 18.5 Å². The molecule has 0 saturated carbocycles. The van der Waals surface area contributed by atoms with E-state index in [1.807, 2.05) is 12.1 Å². The zero-order valence-electron chi connectivity index (χ0n) is 23.1. The van der Waals surface area contributed by atoms with Crippen LogP contribution in [0.4, 0.5) is 0 Å². The maximum Gasteiger partial charge on any atom is 0.584 e. The van der Waals surface area contributed by atoms with Gasteiger partial charge in [-0.15, -0.1) is 0 Å². The standard InChI is InChI=1S/C29H43O4P/c1-26(2,3)18-13-22(28(7,8)9)20-17-21-23(29(10,11)12)14-19(27(4,5)6)16-25(21)33-34(30,31)32-24(20)15-18/h13-16H,17H2,1-12H3,(H,30,31). The maximum absolute atomic E-state index is 13.3. The van der Waals surface area contributed by atoms with Crippen molar-refractivity contribution in [2.24, 2.45) is 0 Å². The first-order valence-corrected chi connectivity index (χ1v) is 13.7. The van der Waals surface area contributed by atoms with Gasteiger partial charge in [0.05, 0.1) is 0 Å². The van der Waals surface area contributed by atoms with Gasteiger partial charge in [-0.05, 0) is 56.0 Å². The molecule has 2 aromatic carbocycles. The zero-order valence-corrected chi connectivity index (χ0v) is 24.0. The van der Waals surface area contributed by atoms with E-state index in [0.717, 1.165) is 33.4 Å². The van der Waals surface area contributed by atoms with Crippen molar-refractivity contribution in [2.45, 2.75) is 111 Å². The summed E-state index contributed by atoms with van der Waals surface area (Å²) in [4.78, 5) is 10.9. The van der Waals surface area contributed by atoms with E-state index < -0.39 is 7.82 Å². The summed E-state index contributed by atoms with van der Waals surface area (Å²) in [5.41, 5.74) is 5.65. The molecule has 0 bridgehead atoms. The van der Waals surface area contributed by atoms with Gasteiger partial charge in [-0.3, -0.25) is 4.89 Å². The van der Waals surface area contributed by atoms with Crippen LogP contribution >= 0.6 is 7.82 Å². The Bertz CT molecular complexity index is 1060. The van der Waals surface area contributed by atoms with Gasteiger partial charge < -0.3 is 9.05 Å². The van der Waals surface area contributed by atoms with Gasteiger partial charge in [0.25, 0.3) is 0 Å². The molecule has 0 aliphatic carbocycles. The topological polar surface area (TPSA) is 55.8 Å². The Labute approximate surface area is 206 Å². The van der Waals surface area contributed by atoms with Crippen LogP contribution < -0.4 is 9.05 Å². The van der Waals surface area contributed by atoms with Crippen LogP contribution in [0.1, 0.15) is 116 Å². The second kappa shape index (κ2) is 8.14. The fourth-order valence-corrected chi connectivity index (χ4v) is 5.33. The number of hydrogen-bond acceptors (Lipinski definition) is 3. The largest absolute Gasteiger partial charge is 0.584 e. The summed E-state index contributed by atoms with van der Waals surface area (Å²) in [5, 5.41) is 0. The lowest BCUT2D eigenvalue weighted by atomic mass is 9.74. The predicted octanol–water partition coefficient (Wildman–Crippen LogP) is 8.34. The molecule has 0 radical (unpaired) electrons. The van der Waals surface area contributed by atoms with Gasteiger partial charge in [0.2, 0.25) is 0 Å². The number of phosphoric acid groups is 1. The Kier molecular flexibility index (Phi) is 6.42. The minimum atomic E-state index is -4.41. The molecule has 0 atom stereocenters. The predicted molar refractivity (Wildman–Crippen MR) is 142 cm³/mol. The minimum absolute atomic E-state index is 0.142. The zero-order chi connectivity index (χ0) is 26.1. The van der Waals surface area contributed by atoms with E-state index in [2.05, 4.69) is 95.2 Å². The van der Waals surface area contributed by atoms with Crippen molar-refractivity contribution in [3.05, 3.63) is 57.6 Å². The first kappa shape index (κ1) is 26.8. The summed E-state index contributed by atoms with van der Waals surface area (Å²) in [6, 6.07) is 8.32. The first-order chi connectivity index (χ1) is 15.1. The van der Waals surface area contributed by atoms with Crippen LogP contribution in [-0.4, -0.2) is 4.89 Å². The van der Waals surface area contributed by atoms with Crippen LogP contribution in [0.2, 0.25) is 0 Å². The third kappa shape index (κ3) is 5.55. The van der Waals surface area contributed by atoms with E-state index in [1.54, 1.807) is 0 Å². The highest BCUT2D eigenvalue weighted by Gasteiger charge is 2.37. The van der Waals surface area contributed by atoms with E-state index in [-0.39, 0.29) is 21.7 Å². The third-order valence-corrected chi connectivity index (χ3v) is 7.40. The average Bonchev–Trinajstić information content (AvgIpc) is 2.58. The summed E-state index contributed by atoms with van der Waals surface area (Å²) in [5.74, 6) is 0.877. The molecule has 188 valence electrons. The molecule has 0 aromatic heterocycles. The molecule has 1 heterocycles. The molecule has 1 N–H and O–H groups in total. The van der Waals surface area contributed by atoms with E-state index in [0.29, 0.717) is 17.9 Å². The Morgan fingerprint density at radius 2 is 0.941 bits per heavy atom. The van der Waals surface area contributed by atoms with Crippen molar-refractivity contribution in [3.8, 4) is 11.5 Å². The number of phosphoric ester groups is 1. The molecular weight excluding hydrogens is 443 g/mol. The monoisotopic (exact) mass is 486 g/mol. The van der Waals surface area contributed by atoms with E-state index in [4.69, 9.17) is 9.05 Å². The van der Waals surface area contributed by atoms with E-state index in [1.165, 1.54) is 0 Å². The molecule has 0 saturated heterocycles. The summed E-state index contributed by atoms with van der Waals surface area (Å²) in [6.45, 7) is 25.9. The lowest BCUT2D eigenvalue weighted by Crippen LogP contribution is -2.23. The molecule has 3 rings (SSSR count). The van der Waals surface area contributed by atoms with Crippen molar-refractivity contribution >= 4 is 7.82 Å². The molecule has 4 nitrogen and oxygen atoms in total. The molecular formula is C29H43O4P. The third-order valence-electron chi connectivity index (χ3n) is 6.55. The Morgan fingerprint density at radius 3 is 1.21 bits per heavy atom. The van der Waals surface area contributed by atoms with Gasteiger partial charge in [-0.2, -0.15) is 0 Å². The molecule has 5 heteroatoms. The Hall–Kier alpha value is -1.77. The highest BCUT2D eigenvalue weighted by atomic mass is 31.2. The second-order valence-electron chi connectivity index (χ2n) is 13.8. The number of benzene rings is 2. The van der Waals surface area contributed by atoms with Gasteiger partial charge in [-0.25, -0.2) is 4.57 Å². The summed E-state index contributed by atoms with van der Waals surface area (Å²) < 4.78 is 24.9. The molecule has 2 aromatic rings. The summed E-state index contributed by atoms with van der Waals surface area (Å²) >= 11 is 0.